The van der Waals surface area contributed by atoms with E-state index in [9.17, 15) is 0 Å². The Kier molecular flexibility index (Phi) is 9.12. The lowest BCUT2D eigenvalue weighted by Crippen LogP contribution is -2.37. The molecule has 6 nitrogen and oxygen atoms in total. The fourth-order valence-corrected chi connectivity index (χ4v) is 3.16. The molecule has 0 aliphatic carbocycles. The van der Waals surface area contributed by atoms with Crippen LogP contribution in [0.4, 0.5) is 0 Å². The van der Waals surface area contributed by atoms with Crippen molar-refractivity contribution >= 4 is 41.7 Å². The molecule has 0 spiro atoms. The van der Waals surface area contributed by atoms with E-state index in [2.05, 4.69) is 49.9 Å². The van der Waals surface area contributed by atoms with E-state index < -0.39 is 0 Å². The second-order valence-electron chi connectivity index (χ2n) is 5.51. The van der Waals surface area contributed by atoms with Crippen molar-refractivity contribution in [1.82, 2.24) is 25.2 Å². The summed E-state index contributed by atoms with van der Waals surface area (Å²) in [5.41, 5.74) is 1.13. The lowest BCUT2D eigenvalue weighted by Gasteiger charge is -2.12. The number of nitrogens with zero attached hydrogens (tertiary/aromatic N) is 4. The number of imidazole rings is 1. The third-order valence-electron chi connectivity index (χ3n) is 3.67. The van der Waals surface area contributed by atoms with Gasteiger partial charge < -0.3 is 10.6 Å². The Labute approximate surface area is 180 Å². The number of guanidine groups is 1. The number of hydrogen-bond donors (Lipinski definition) is 2. The molecule has 0 aliphatic rings. The summed E-state index contributed by atoms with van der Waals surface area (Å²) in [4.78, 5) is 14.0. The van der Waals surface area contributed by atoms with Crippen molar-refractivity contribution in [2.45, 2.75) is 11.4 Å². The molecule has 3 rings (SSSR count). The van der Waals surface area contributed by atoms with Gasteiger partial charge in [-0.1, -0.05) is 18.2 Å². The van der Waals surface area contributed by atoms with Crippen LogP contribution in [0, 0.1) is 0 Å². The first-order chi connectivity index (χ1) is 12.8. The molecule has 8 heteroatoms. The zero-order chi connectivity index (χ0) is 18.0. The molecule has 0 aliphatic heterocycles. The largest absolute Gasteiger partial charge is 0.356 e. The van der Waals surface area contributed by atoms with E-state index in [1.165, 1.54) is 4.90 Å². The fraction of sp³-hybridized carbons (Fsp3) is 0.211. The van der Waals surface area contributed by atoms with Crippen molar-refractivity contribution in [2.75, 3.05) is 19.3 Å². The predicted octanol–water partition coefficient (Wildman–Crippen LogP) is 3.34. The van der Waals surface area contributed by atoms with Gasteiger partial charge in [0.2, 0.25) is 0 Å². The summed E-state index contributed by atoms with van der Waals surface area (Å²) in [5, 5.41) is 6.67. The zero-order valence-electron chi connectivity index (χ0n) is 15.1. The smallest absolute Gasteiger partial charge is 0.191 e. The molecule has 1 aromatic carbocycles. The maximum absolute atomic E-state index is 4.37. The quantitative estimate of drug-likeness (QED) is 0.174. The van der Waals surface area contributed by atoms with Crippen molar-refractivity contribution in [3.05, 3.63) is 72.9 Å². The average molecular weight is 494 g/mol. The van der Waals surface area contributed by atoms with Crippen molar-refractivity contribution in [3.63, 3.8) is 0 Å². The summed E-state index contributed by atoms with van der Waals surface area (Å²) in [6.45, 7) is 1.52. The molecule has 0 saturated carbocycles. The average Bonchev–Trinajstić information content (AvgIpc) is 3.23. The number of nitrogens with one attached hydrogen (secondary N) is 2. The van der Waals surface area contributed by atoms with Crippen LogP contribution in [0.2, 0.25) is 0 Å². The highest BCUT2D eigenvalue weighted by Gasteiger charge is 2.02. The first kappa shape index (κ1) is 21.2. The van der Waals surface area contributed by atoms with Gasteiger partial charge in [-0.3, -0.25) is 9.56 Å². The van der Waals surface area contributed by atoms with Gasteiger partial charge in [0.25, 0.3) is 0 Å². The Balaban J connectivity index is 0.00000261. The Hall–Kier alpha value is -2.07. The van der Waals surface area contributed by atoms with Gasteiger partial charge in [0.15, 0.2) is 5.96 Å². The van der Waals surface area contributed by atoms with Crippen molar-refractivity contribution in [3.8, 4) is 5.82 Å². The van der Waals surface area contributed by atoms with Gasteiger partial charge in [0.05, 0.1) is 0 Å². The number of benzene rings is 1. The minimum absolute atomic E-state index is 0. The number of thioether (sulfide) groups is 1. The molecule has 0 fully saturated rings. The molecule has 2 heterocycles. The Morgan fingerprint density at radius 1 is 1.15 bits per heavy atom. The normalized spacial score (nSPS) is 10.9. The molecule has 0 bridgehead atoms. The minimum atomic E-state index is 0. The van der Waals surface area contributed by atoms with Crippen LogP contribution < -0.4 is 10.6 Å². The summed E-state index contributed by atoms with van der Waals surface area (Å²) in [5.74, 6) is 2.62. The van der Waals surface area contributed by atoms with E-state index in [1.807, 2.05) is 40.7 Å². The molecule has 2 aromatic heterocycles. The van der Waals surface area contributed by atoms with Crippen LogP contribution >= 0.6 is 35.7 Å². The molecular weight excluding hydrogens is 471 g/mol. The maximum atomic E-state index is 4.37. The highest BCUT2D eigenvalue weighted by atomic mass is 127. The van der Waals surface area contributed by atoms with Gasteiger partial charge in [-0.05, 0) is 29.8 Å². The lowest BCUT2D eigenvalue weighted by atomic mass is 10.2. The van der Waals surface area contributed by atoms with Gasteiger partial charge in [-0.25, -0.2) is 9.97 Å². The molecule has 142 valence electrons. The van der Waals surface area contributed by atoms with E-state index in [-0.39, 0.29) is 24.0 Å². The van der Waals surface area contributed by atoms with Crippen LogP contribution in [0.15, 0.2) is 77.3 Å². The van der Waals surface area contributed by atoms with Gasteiger partial charge in [-0.2, -0.15) is 0 Å². The van der Waals surface area contributed by atoms with Crippen molar-refractivity contribution in [2.24, 2.45) is 4.99 Å². The molecule has 3 aromatic rings. The Bertz CT molecular complexity index is 823. The highest BCUT2D eigenvalue weighted by molar-refractivity contribution is 14.0. The summed E-state index contributed by atoms with van der Waals surface area (Å²) in [6, 6.07) is 14.4. The summed E-state index contributed by atoms with van der Waals surface area (Å²) in [7, 11) is 1.78. The van der Waals surface area contributed by atoms with Gasteiger partial charge in [0.1, 0.15) is 12.1 Å². The maximum Gasteiger partial charge on any atom is 0.191 e. The summed E-state index contributed by atoms with van der Waals surface area (Å²) < 4.78 is 1.89. The van der Waals surface area contributed by atoms with Crippen LogP contribution in [-0.4, -0.2) is 39.8 Å². The van der Waals surface area contributed by atoms with Gasteiger partial charge in [0, 0.05) is 49.4 Å². The lowest BCUT2D eigenvalue weighted by molar-refractivity contribution is 0.828. The molecule has 0 amide bonds. The highest BCUT2D eigenvalue weighted by Crippen LogP contribution is 2.15. The van der Waals surface area contributed by atoms with E-state index in [4.69, 9.17) is 0 Å². The number of hydrogen-bond acceptors (Lipinski definition) is 4. The zero-order valence-corrected chi connectivity index (χ0v) is 18.2. The molecule has 27 heavy (non-hydrogen) atoms. The van der Waals surface area contributed by atoms with Crippen molar-refractivity contribution < 1.29 is 0 Å². The fourth-order valence-electron chi connectivity index (χ4n) is 2.37. The van der Waals surface area contributed by atoms with Crippen LogP contribution in [0.3, 0.4) is 0 Å². The topological polar surface area (TPSA) is 67.1 Å². The third kappa shape index (κ3) is 6.87. The second-order valence-corrected chi connectivity index (χ2v) is 6.67. The van der Waals surface area contributed by atoms with Gasteiger partial charge >= 0.3 is 0 Å². The van der Waals surface area contributed by atoms with E-state index >= 15 is 0 Å². The Morgan fingerprint density at radius 2 is 2.00 bits per heavy atom. The van der Waals surface area contributed by atoms with E-state index in [0.717, 1.165) is 29.6 Å². The van der Waals surface area contributed by atoms with Crippen LogP contribution in [-0.2, 0) is 6.54 Å². The first-order valence-electron chi connectivity index (χ1n) is 8.41. The standard InChI is InChI=1S/C19H22N6S.HI/c1-20-19(23-10-12-26-17-5-3-2-4-6-17)24-14-16-7-8-22-18(13-16)25-11-9-21-15-25;/h2-9,11,13,15H,10,12,14H2,1H3,(H2,20,23,24);1H. The third-order valence-corrected chi connectivity index (χ3v) is 4.68. The van der Waals surface area contributed by atoms with E-state index in [0.29, 0.717) is 6.54 Å². The molecule has 2 N–H and O–H groups in total. The molecule has 0 unspecified atom stereocenters. The van der Waals surface area contributed by atoms with Crippen LogP contribution in [0.5, 0.6) is 0 Å². The number of halogens is 1. The molecule has 0 radical (unpaired) electrons. The number of rotatable bonds is 7. The molecule has 0 saturated heterocycles. The predicted molar refractivity (Wildman–Crippen MR) is 122 cm³/mol. The van der Waals surface area contributed by atoms with Gasteiger partial charge in [-0.15, -0.1) is 35.7 Å². The van der Waals surface area contributed by atoms with Crippen molar-refractivity contribution in [1.29, 1.82) is 0 Å². The monoisotopic (exact) mass is 494 g/mol. The van der Waals surface area contributed by atoms with Crippen LogP contribution in [0.1, 0.15) is 5.56 Å². The second kappa shape index (κ2) is 11.6. The number of aliphatic imine (C=N–C) groups is 1. The number of aromatic nitrogens is 3. The minimum Gasteiger partial charge on any atom is -0.356 e. The van der Waals surface area contributed by atoms with Crippen LogP contribution in [0.25, 0.3) is 5.82 Å². The summed E-state index contributed by atoms with van der Waals surface area (Å²) >= 11 is 1.83. The molecular formula is C19H23IN6S. The summed E-state index contributed by atoms with van der Waals surface area (Å²) in [6.07, 6.45) is 7.17. The first-order valence-corrected chi connectivity index (χ1v) is 9.39. The molecule has 0 atom stereocenters. The number of pyridine rings is 1. The SMILES string of the molecule is CN=C(NCCSc1ccccc1)NCc1ccnc(-n2ccnc2)c1.I. The van der Waals surface area contributed by atoms with E-state index in [1.54, 1.807) is 25.8 Å². The Morgan fingerprint density at radius 3 is 2.74 bits per heavy atom.